The molecule has 2 N–H and O–H groups in total. The molecule has 0 aromatic heterocycles. The maximum Gasteiger partial charge on any atom is 0.330 e. The second kappa shape index (κ2) is 5.37. The van der Waals surface area contributed by atoms with E-state index in [-0.39, 0.29) is 11.1 Å². The summed E-state index contributed by atoms with van der Waals surface area (Å²) < 4.78 is 0. The molecule has 3 rings (SSSR count). The van der Waals surface area contributed by atoms with E-state index in [0.717, 1.165) is 0 Å². The molecule has 6 heteroatoms. The monoisotopic (exact) mass is 338 g/mol. The number of aldehydes is 2. The average Bonchev–Trinajstić information content (AvgIpc) is 2.88. The highest BCUT2D eigenvalue weighted by molar-refractivity contribution is 6.15. The Hall–Kier alpha value is -3.28. The first-order chi connectivity index (χ1) is 11.8. The molecular weight excluding hydrogens is 324 g/mol. The van der Waals surface area contributed by atoms with E-state index >= 15 is 0 Å². The number of carboxylic acid groups (broad SMARTS) is 2. The van der Waals surface area contributed by atoms with Gasteiger partial charge in [0.05, 0.1) is 0 Å². The summed E-state index contributed by atoms with van der Waals surface area (Å²) >= 11 is 0. The van der Waals surface area contributed by atoms with Gasteiger partial charge in [0, 0.05) is 11.1 Å². The van der Waals surface area contributed by atoms with E-state index in [0.29, 0.717) is 46.0 Å². The van der Waals surface area contributed by atoms with Crippen LogP contribution in [0, 0.1) is 13.8 Å². The fraction of sp³-hybridized carbons (Fsp3) is 0.158. The predicted octanol–water partition coefficient (Wildman–Crippen LogP) is 2.36. The van der Waals surface area contributed by atoms with Crippen LogP contribution in [0.15, 0.2) is 24.3 Å². The van der Waals surface area contributed by atoms with Gasteiger partial charge in [-0.05, 0) is 59.4 Å². The first kappa shape index (κ1) is 16.6. The van der Waals surface area contributed by atoms with Crippen molar-refractivity contribution in [1.82, 2.24) is 0 Å². The fourth-order valence-corrected chi connectivity index (χ4v) is 3.62. The first-order valence-electron chi connectivity index (χ1n) is 7.47. The van der Waals surface area contributed by atoms with Crippen LogP contribution in [0.4, 0.5) is 0 Å². The van der Waals surface area contributed by atoms with Crippen molar-refractivity contribution >= 4 is 24.5 Å². The molecule has 0 unspecified atom stereocenters. The molecule has 0 amide bonds. The minimum atomic E-state index is -2.28. The lowest BCUT2D eigenvalue weighted by Crippen LogP contribution is -2.43. The maximum atomic E-state index is 12.1. The third kappa shape index (κ3) is 1.91. The van der Waals surface area contributed by atoms with Crippen LogP contribution in [0.25, 0.3) is 11.1 Å². The summed E-state index contributed by atoms with van der Waals surface area (Å²) in [6.45, 7) is 3.25. The predicted molar refractivity (Wildman–Crippen MR) is 88.2 cm³/mol. The minimum Gasteiger partial charge on any atom is -0.480 e. The number of carbonyl (C=O) groups excluding carboxylic acids is 2. The van der Waals surface area contributed by atoms with E-state index in [4.69, 9.17) is 0 Å². The zero-order valence-corrected chi connectivity index (χ0v) is 13.5. The van der Waals surface area contributed by atoms with Gasteiger partial charge in [0.25, 0.3) is 0 Å². The number of aliphatic carboxylic acids is 2. The highest BCUT2D eigenvalue weighted by Gasteiger charge is 2.57. The first-order valence-corrected chi connectivity index (χ1v) is 7.47. The third-order valence-electron chi connectivity index (χ3n) is 4.96. The molecule has 2 aromatic rings. The molecule has 6 nitrogen and oxygen atoms in total. The quantitative estimate of drug-likeness (QED) is 0.654. The molecule has 0 aliphatic heterocycles. The van der Waals surface area contributed by atoms with Crippen LogP contribution in [0.3, 0.4) is 0 Å². The molecule has 1 aliphatic carbocycles. The zero-order chi connectivity index (χ0) is 18.5. The van der Waals surface area contributed by atoms with E-state index in [1.807, 2.05) is 0 Å². The smallest absolute Gasteiger partial charge is 0.330 e. The van der Waals surface area contributed by atoms with Gasteiger partial charge in [-0.3, -0.25) is 19.2 Å². The van der Waals surface area contributed by atoms with E-state index in [2.05, 4.69) is 0 Å². The second-order valence-corrected chi connectivity index (χ2v) is 6.04. The maximum absolute atomic E-state index is 12.1. The number of benzene rings is 2. The molecule has 0 saturated heterocycles. The van der Waals surface area contributed by atoms with Gasteiger partial charge < -0.3 is 10.2 Å². The summed E-state index contributed by atoms with van der Waals surface area (Å²) in [7, 11) is 0. The molecule has 0 atom stereocenters. The summed E-state index contributed by atoms with van der Waals surface area (Å²) in [6.07, 6.45) is 1.25. The Kier molecular flexibility index (Phi) is 3.56. The second-order valence-electron chi connectivity index (χ2n) is 6.04. The van der Waals surface area contributed by atoms with E-state index in [1.54, 1.807) is 13.8 Å². The van der Waals surface area contributed by atoms with Crippen molar-refractivity contribution in [2.75, 3.05) is 0 Å². The summed E-state index contributed by atoms with van der Waals surface area (Å²) in [5, 5.41) is 19.8. The molecule has 1 aliphatic rings. The van der Waals surface area contributed by atoms with Crippen molar-refractivity contribution in [3.63, 3.8) is 0 Å². The number of carbonyl (C=O) groups is 4. The highest BCUT2D eigenvalue weighted by Crippen LogP contribution is 2.52. The summed E-state index contributed by atoms with van der Waals surface area (Å²) in [5.41, 5.74) is 0.254. The normalized spacial score (nSPS) is 13.7. The van der Waals surface area contributed by atoms with Gasteiger partial charge in [-0.1, -0.05) is 12.1 Å². The SMILES string of the molecule is Cc1c(C=O)cc2c(c1C)C(C(=O)O)(C(=O)O)c1ccc(C=O)cc1-2. The molecule has 126 valence electrons. The molecule has 0 heterocycles. The lowest BCUT2D eigenvalue weighted by atomic mass is 9.75. The fourth-order valence-electron chi connectivity index (χ4n) is 3.62. The molecule has 0 bridgehead atoms. The summed E-state index contributed by atoms with van der Waals surface area (Å²) in [5.74, 6) is -3.03. The van der Waals surface area contributed by atoms with Crippen molar-refractivity contribution in [1.29, 1.82) is 0 Å². The van der Waals surface area contributed by atoms with Crippen molar-refractivity contribution in [3.05, 3.63) is 57.6 Å². The summed E-state index contributed by atoms with van der Waals surface area (Å²) in [6, 6.07) is 5.70. The highest BCUT2D eigenvalue weighted by atomic mass is 16.4. The van der Waals surface area contributed by atoms with Gasteiger partial charge in [0.2, 0.25) is 5.41 Å². The Morgan fingerprint density at radius 1 is 0.920 bits per heavy atom. The van der Waals surface area contributed by atoms with Crippen molar-refractivity contribution in [2.45, 2.75) is 19.3 Å². The average molecular weight is 338 g/mol. The molecule has 0 fully saturated rings. The van der Waals surface area contributed by atoms with Gasteiger partial charge in [0.1, 0.15) is 12.6 Å². The lowest BCUT2D eigenvalue weighted by molar-refractivity contribution is -0.155. The van der Waals surface area contributed by atoms with E-state index < -0.39 is 17.4 Å². The number of carboxylic acids is 2. The van der Waals surface area contributed by atoms with Crippen molar-refractivity contribution < 1.29 is 29.4 Å². The molecule has 0 saturated carbocycles. The molecule has 25 heavy (non-hydrogen) atoms. The molecule has 0 radical (unpaired) electrons. The van der Waals surface area contributed by atoms with Crippen LogP contribution < -0.4 is 0 Å². The Morgan fingerprint density at radius 2 is 1.56 bits per heavy atom. The van der Waals surface area contributed by atoms with Crippen LogP contribution in [0.2, 0.25) is 0 Å². The zero-order valence-electron chi connectivity index (χ0n) is 13.5. The summed E-state index contributed by atoms with van der Waals surface area (Å²) in [4.78, 5) is 46.7. The third-order valence-corrected chi connectivity index (χ3v) is 4.96. The van der Waals surface area contributed by atoms with Crippen LogP contribution in [0.1, 0.15) is 43.0 Å². The van der Waals surface area contributed by atoms with Crippen LogP contribution in [0.5, 0.6) is 0 Å². The van der Waals surface area contributed by atoms with E-state index in [9.17, 15) is 29.4 Å². The van der Waals surface area contributed by atoms with Gasteiger partial charge in [-0.25, -0.2) is 0 Å². The molecule has 2 aromatic carbocycles. The van der Waals surface area contributed by atoms with Crippen LogP contribution in [-0.2, 0) is 15.0 Å². The van der Waals surface area contributed by atoms with Gasteiger partial charge >= 0.3 is 11.9 Å². The molecule has 0 spiro atoms. The van der Waals surface area contributed by atoms with Crippen molar-refractivity contribution in [3.8, 4) is 11.1 Å². The minimum absolute atomic E-state index is 0.0821. The van der Waals surface area contributed by atoms with Crippen LogP contribution >= 0.6 is 0 Å². The van der Waals surface area contributed by atoms with Crippen molar-refractivity contribution in [2.24, 2.45) is 0 Å². The number of fused-ring (bicyclic) bond motifs is 3. The number of rotatable bonds is 4. The Bertz CT molecular complexity index is 956. The Labute approximate surface area is 142 Å². The lowest BCUT2D eigenvalue weighted by Gasteiger charge is -2.24. The van der Waals surface area contributed by atoms with Gasteiger partial charge in [-0.15, -0.1) is 0 Å². The van der Waals surface area contributed by atoms with Crippen LogP contribution in [-0.4, -0.2) is 34.7 Å². The Balaban J connectivity index is 2.58. The number of hydrogen-bond donors (Lipinski definition) is 2. The number of hydrogen-bond acceptors (Lipinski definition) is 4. The Morgan fingerprint density at radius 3 is 2.08 bits per heavy atom. The van der Waals surface area contributed by atoms with Gasteiger partial charge in [-0.2, -0.15) is 0 Å². The molecular formula is C19H14O6. The van der Waals surface area contributed by atoms with Gasteiger partial charge in [0.15, 0.2) is 0 Å². The van der Waals surface area contributed by atoms with E-state index in [1.165, 1.54) is 24.3 Å². The topological polar surface area (TPSA) is 109 Å². The largest absolute Gasteiger partial charge is 0.480 e. The standard InChI is InChI=1S/C19H14O6/c1-9-10(2)16-14(6-12(9)8-21)13-5-11(7-20)3-4-15(13)19(16,17(22)23)18(24)25/h3-8H,1-2H3,(H,22,23)(H,24,25).